The third kappa shape index (κ3) is 2.46. The fraction of sp³-hybridized carbons (Fsp3) is 0. The van der Waals surface area contributed by atoms with Gasteiger partial charge in [-0.3, -0.25) is 0 Å². The minimum Gasteiger partial charge on any atom is -0.396 e. The van der Waals surface area contributed by atoms with Crippen LogP contribution in [0.5, 0.6) is 0 Å². The Hall–Kier alpha value is -2.68. The molecule has 0 amide bonds. The smallest absolute Gasteiger partial charge is 0.227 e. The highest BCUT2D eigenvalue weighted by Gasteiger charge is 2.03. The van der Waals surface area contributed by atoms with Gasteiger partial charge >= 0.3 is 0 Å². The third-order valence-electron chi connectivity index (χ3n) is 2.01. The van der Waals surface area contributed by atoms with Crippen molar-refractivity contribution in [2.45, 2.75) is 0 Å². The number of aromatic nitrogens is 2. The molecule has 0 saturated heterocycles. The first-order valence-corrected chi connectivity index (χ1v) is 4.73. The summed E-state index contributed by atoms with van der Waals surface area (Å²) in [5.74, 6) is -0.231. The summed E-state index contributed by atoms with van der Waals surface area (Å²) in [6, 6.07) is 5.84. The number of halogens is 1. The van der Waals surface area contributed by atoms with Crippen LogP contribution in [0, 0.1) is 17.1 Å². The van der Waals surface area contributed by atoms with Gasteiger partial charge in [0.25, 0.3) is 0 Å². The summed E-state index contributed by atoms with van der Waals surface area (Å²) in [5, 5.41) is 11.5. The topological polar surface area (TPSA) is 87.6 Å². The Bertz CT molecular complexity index is 573. The molecule has 0 fully saturated rings. The molecule has 0 unspecified atom stereocenters. The van der Waals surface area contributed by atoms with Crippen molar-refractivity contribution >= 4 is 17.3 Å². The van der Waals surface area contributed by atoms with E-state index in [4.69, 9.17) is 11.0 Å². The number of rotatable bonds is 2. The fourth-order valence-corrected chi connectivity index (χ4v) is 1.22. The molecule has 0 aliphatic carbocycles. The summed E-state index contributed by atoms with van der Waals surface area (Å²) in [6.07, 6.45) is 2.90. The van der Waals surface area contributed by atoms with Gasteiger partial charge < -0.3 is 11.1 Å². The number of nitrogens with one attached hydrogen (secondary N) is 1. The molecular weight excluding hydrogens is 221 g/mol. The monoisotopic (exact) mass is 229 g/mol. The molecule has 3 N–H and O–H groups in total. The second kappa shape index (κ2) is 4.45. The van der Waals surface area contributed by atoms with Gasteiger partial charge in [0.05, 0.1) is 23.6 Å². The van der Waals surface area contributed by atoms with E-state index < -0.39 is 5.82 Å². The van der Waals surface area contributed by atoms with E-state index in [0.29, 0.717) is 17.3 Å². The molecule has 0 aliphatic heterocycles. The van der Waals surface area contributed by atoms with Crippen LogP contribution in [0.2, 0.25) is 0 Å². The Balaban J connectivity index is 2.25. The van der Waals surface area contributed by atoms with Gasteiger partial charge in [-0.05, 0) is 18.2 Å². The Morgan fingerprint density at radius 3 is 2.65 bits per heavy atom. The van der Waals surface area contributed by atoms with E-state index >= 15 is 0 Å². The van der Waals surface area contributed by atoms with Gasteiger partial charge in [-0.1, -0.05) is 0 Å². The van der Waals surface area contributed by atoms with Crippen molar-refractivity contribution in [3.8, 4) is 6.07 Å². The van der Waals surface area contributed by atoms with Crippen LogP contribution < -0.4 is 11.1 Å². The molecule has 2 rings (SSSR count). The SMILES string of the molecule is N#Cc1cc(Nc2ncc(N)cn2)ccc1F. The standard InChI is InChI=1S/C11H8FN5/c12-10-2-1-9(3-7(10)4-13)17-11-15-5-8(14)6-16-11/h1-3,5-6H,14H2,(H,15,16,17). The highest BCUT2D eigenvalue weighted by molar-refractivity contribution is 5.56. The molecule has 2 aromatic rings. The molecule has 1 aromatic carbocycles. The Morgan fingerprint density at radius 2 is 2.00 bits per heavy atom. The van der Waals surface area contributed by atoms with E-state index in [1.165, 1.54) is 30.6 Å². The lowest BCUT2D eigenvalue weighted by atomic mass is 10.2. The molecule has 0 spiro atoms. The zero-order valence-electron chi connectivity index (χ0n) is 8.68. The minimum absolute atomic E-state index is 0.0366. The number of anilines is 3. The second-order valence-electron chi connectivity index (χ2n) is 3.27. The van der Waals surface area contributed by atoms with Crippen LogP contribution in [0.1, 0.15) is 5.56 Å². The lowest BCUT2D eigenvalue weighted by molar-refractivity contribution is 0.624. The van der Waals surface area contributed by atoms with Gasteiger partial charge in [0.2, 0.25) is 5.95 Å². The number of benzene rings is 1. The lowest BCUT2D eigenvalue weighted by Gasteiger charge is -2.05. The van der Waals surface area contributed by atoms with Crippen LogP contribution in [-0.2, 0) is 0 Å². The first-order chi connectivity index (χ1) is 8.19. The normalized spacial score (nSPS) is 9.65. The molecule has 17 heavy (non-hydrogen) atoms. The maximum Gasteiger partial charge on any atom is 0.227 e. The summed E-state index contributed by atoms with van der Waals surface area (Å²) in [5.41, 5.74) is 6.39. The summed E-state index contributed by atoms with van der Waals surface area (Å²) in [7, 11) is 0. The van der Waals surface area contributed by atoms with Gasteiger partial charge in [0.1, 0.15) is 11.9 Å². The highest BCUT2D eigenvalue weighted by atomic mass is 19.1. The quantitative estimate of drug-likeness (QED) is 0.819. The zero-order valence-corrected chi connectivity index (χ0v) is 8.68. The van der Waals surface area contributed by atoms with E-state index in [1.807, 2.05) is 0 Å². The fourth-order valence-electron chi connectivity index (χ4n) is 1.22. The maximum atomic E-state index is 13.1. The molecule has 1 heterocycles. The maximum absolute atomic E-state index is 13.1. The molecule has 0 bridgehead atoms. The van der Waals surface area contributed by atoms with Crippen molar-refractivity contribution < 1.29 is 4.39 Å². The molecule has 1 aromatic heterocycles. The largest absolute Gasteiger partial charge is 0.396 e. The van der Waals surface area contributed by atoms with E-state index in [2.05, 4.69) is 15.3 Å². The number of hydrogen-bond donors (Lipinski definition) is 2. The summed E-state index contributed by atoms with van der Waals surface area (Å²) >= 11 is 0. The molecule has 0 radical (unpaired) electrons. The molecule has 0 atom stereocenters. The molecule has 0 aliphatic rings. The Kier molecular flexibility index (Phi) is 2.83. The summed E-state index contributed by atoms with van der Waals surface area (Å²) in [6.45, 7) is 0. The zero-order chi connectivity index (χ0) is 12.3. The van der Waals surface area contributed by atoms with Gasteiger partial charge in [-0.15, -0.1) is 0 Å². The van der Waals surface area contributed by atoms with Crippen LogP contribution in [0.3, 0.4) is 0 Å². The first kappa shape index (κ1) is 10.8. The van der Waals surface area contributed by atoms with Crippen molar-refractivity contribution in [3.05, 3.63) is 42.0 Å². The highest BCUT2D eigenvalue weighted by Crippen LogP contribution is 2.16. The number of nitrogens with zero attached hydrogens (tertiary/aromatic N) is 3. The van der Waals surface area contributed by atoms with Crippen molar-refractivity contribution in [1.82, 2.24) is 9.97 Å². The van der Waals surface area contributed by atoms with E-state index in [1.54, 1.807) is 6.07 Å². The van der Waals surface area contributed by atoms with E-state index in [9.17, 15) is 4.39 Å². The van der Waals surface area contributed by atoms with Gasteiger partial charge in [0, 0.05) is 5.69 Å². The van der Waals surface area contributed by atoms with Gasteiger partial charge in [-0.25, -0.2) is 14.4 Å². The number of nitriles is 1. The predicted octanol–water partition coefficient (Wildman–Crippen LogP) is 1.81. The molecule has 6 heteroatoms. The van der Waals surface area contributed by atoms with Gasteiger partial charge in [0.15, 0.2) is 0 Å². The number of hydrogen-bond acceptors (Lipinski definition) is 5. The number of nitrogens with two attached hydrogens (primary N) is 1. The minimum atomic E-state index is -0.559. The molecule has 5 nitrogen and oxygen atoms in total. The van der Waals surface area contributed by atoms with Crippen molar-refractivity contribution in [2.75, 3.05) is 11.1 Å². The van der Waals surface area contributed by atoms with Crippen LogP contribution in [-0.4, -0.2) is 9.97 Å². The van der Waals surface area contributed by atoms with E-state index in [0.717, 1.165) is 0 Å². The van der Waals surface area contributed by atoms with Crippen molar-refractivity contribution in [2.24, 2.45) is 0 Å². The average molecular weight is 229 g/mol. The van der Waals surface area contributed by atoms with Crippen molar-refractivity contribution in [1.29, 1.82) is 5.26 Å². The molecular formula is C11H8FN5. The van der Waals surface area contributed by atoms with Gasteiger partial charge in [-0.2, -0.15) is 5.26 Å². The van der Waals surface area contributed by atoms with E-state index in [-0.39, 0.29) is 5.56 Å². The summed E-state index contributed by atoms with van der Waals surface area (Å²) in [4.78, 5) is 7.86. The molecule has 84 valence electrons. The van der Waals surface area contributed by atoms with Crippen LogP contribution in [0.15, 0.2) is 30.6 Å². The van der Waals surface area contributed by atoms with Crippen LogP contribution in [0.4, 0.5) is 21.7 Å². The summed E-state index contributed by atoms with van der Waals surface area (Å²) < 4.78 is 13.1. The Morgan fingerprint density at radius 1 is 1.29 bits per heavy atom. The predicted molar refractivity (Wildman–Crippen MR) is 60.8 cm³/mol. The Labute approximate surface area is 96.7 Å². The second-order valence-corrected chi connectivity index (χ2v) is 3.27. The van der Waals surface area contributed by atoms with Crippen LogP contribution >= 0.6 is 0 Å². The lowest BCUT2D eigenvalue weighted by Crippen LogP contribution is -1.98. The van der Waals surface area contributed by atoms with Crippen LogP contribution in [0.25, 0.3) is 0 Å². The van der Waals surface area contributed by atoms with Crippen molar-refractivity contribution in [3.63, 3.8) is 0 Å². The first-order valence-electron chi connectivity index (χ1n) is 4.73. The molecule has 0 saturated carbocycles. The third-order valence-corrected chi connectivity index (χ3v) is 2.01. The average Bonchev–Trinajstić information content (AvgIpc) is 2.34. The number of nitrogen functional groups attached to an aromatic ring is 1.